The predicted octanol–water partition coefficient (Wildman–Crippen LogP) is 2.59. The maximum Gasteiger partial charge on any atom is 0.101 e. The molecule has 0 saturated carbocycles. The van der Waals surface area contributed by atoms with Gasteiger partial charge in [0.2, 0.25) is 0 Å². The third-order valence-electron chi connectivity index (χ3n) is 1.33. The summed E-state index contributed by atoms with van der Waals surface area (Å²) in [6, 6.07) is 6.44. The summed E-state index contributed by atoms with van der Waals surface area (Å²) >= 11 is 3.18. The number of sulfonamides is 1. The van der Waals surface area contributed by atoms with Crippen molar-refractivity contribution in [1.29, 1.82) is 0 Å². The molecule has 6 heteroatoms. The Balaban J connectivity index is 0. The van der Waals surface area contributed by atoms with Crippen LogP contribution in [0.3, 0.4) is 0 Å². The second-order valence-corrected chi connectivity index (χ2v) is 4.82. The Morgan fingerprint density at radius 2 is 1.93 bits per heavy atom. The SMILES string of the molecule is C[N-]S(=O)(=O)c1cccc(Br)c1.[CH3-].[Y]. The van der Waals surface area contributed by atoms with Crippen molar-refractivity contribution < 1.29 is 41.1 Å². The standard InChI is InChI=1S/C7H7BrNO2S.CH3.Y/c1-9-12(10,11)7-4-2-3-6(8)5-7;;/h2-5H,1H3;1H3;/q2*-1;. The smallest absolute Gasteiger partial charge is 0.101 e. The number of benzene rings is 1. The van der Waals surface area contributed by atoms with Crippen LogP contribution in [-0.2, 0) is 42.7 Å². The van der Waals surface area contributed by atoms with E-state index in [1.807, 2.05) is 0 Å². The van der Waals surface area contributed by atoms with E-state index in [0.29, 0.717) is 0 Å². The Bertz CT molecular complexity index is 381. The second-order valence-electron chi connectivity index (χ2n) is 2.12. The van der Waals surface area contributed by atoms with Crippen LogP contribution < -0.4 is 0 Å². The van der Waals surface area contributed by atoms with Crippen molar-refractivity contribution in [2.45, 2.75) is 4.90 Å². The number of hydrogen-bond acceptors (Lipinski definition) is 2. The van der Waals surface area contributed by atoms with Gasteiger partial charge in [-0.1, -0.05) is 22.0 Å². The van der Waals surface area contributed by atoms with E-state index in [2.05, 4.69) is 20.7 Å². The zero-order valence-corrected chi connectivity index (χ0v) is 13.2. The predicted molar refractivity (Wildman–Crippen MR) is 57.0 cm³/mol. The van der Waals surface area contributed by atoms with E-state index in [1.54, 1.807) is 12.1 Å². The summed E-state index contributed by atoms with van der Waals surface area (Å²) in [6.45, 7) is 0. The summed E-state index contributed by atoms with van der Waals surface area (Å²) in [5, 5.41) is 0. The van der Waals surface area contributed by atoms with E-state index in [0.717, 1.165) is 4.47 Å². The van der Waals surface area contributed by atoms with Gasteiger partial charge in [0.1, 0.15) is 10.0 Å². The molecule has 14 heavy (non-hydrogen) atoms. The van der Waals surface area contributed by atoms with Crippen molar-refractivity contribution >= 4 is 26.0 Å². The molecule has 0 amide bonds. The molecule has 0 bridgehead atoms. The van der Waals surface area contributed by atoms with Gasteiger partial charge in [-0.3, -0.25) is 0 Å². The first-order valence-corrected chi connectivity index (χ1v) is 5.41. The van der Waals surface area contributed by atoms with Crippen molar-refractivity contribution in [3.63, 3.8) is 0 Å². The number of rotatable bonds is 2. The molecule has 0 aromatic heterocycles. The quantitative estimate of drug-likeness (QED) is 0.768. The molecule has 0 fully saturated rings. The van der Waals surface area contributed by atoms with E-state index in [1.165, 1.54) is 19.2 Å². The third-order valence-corrected chi connectivity index (χ3v) is 3.16. The first-order chi connectivity index (χ1) is 5.56. The van der Waals surface area contributed by atoms with Gasteiger partial charge in [-0.25, -0.2) is 8.42 Å². The van der Waals surface area contributed by atoms with Gasteiger partial charge in [-0.05, 0) is 18.2 Å². The molecule has 0 N–H and O–H groups in total. The summed E-state index contributed by atoms with van der Waals surface area (Å²) in [5.74, 6) is 0. The molecule has 0 aliphatic heterocycles. The minimum Gasteiger partial charge on any atom is -0.547 e. The van der Waals surface area contributed by atoms with Gasteiger partial charge in [-0.2, -0.15) is 7.05 Å². The Morgan fingerprint density at radius 1 is 1.36 bits per heavy atom. The molecule has 0 aliphatic rings. The maximum absolute atomic E-state index is 11.2. The first kappa shape index (κ1) is 17.1. The van der Waals surface area contributed by atoms with Crippen LogP contribution in [0, 0.1) is 7.43 Å². The molecule has 0 atom stereocenters. The zero-order valence-electron chi connectivity index (χ0n) is 7.94. The fourth-order valence-corrected chi connectivity index (χ4v) is 2.02. The van der Waals surface area contributed by atoms with Crippen LogP contribution in [0.2, 0.25) is 0 Å². The minimum atomic E-state index is -3.43. The fraction of sp³-hybridized carbons (Fsp3) is 0.125. The first-order valence-electron chi connectivity index (χ1n) is 3.18. The van der Waals surface area contributed by atoms with Gasteiger partial charge >= 0.3 is 0 Å². The Morgan fingerprint density at radius 3 is 2.36 bits per heavy atom. The van der Waals surface area contributed by atoms with Crippen molar-refractivity contribution in [3.05, 3.63) is 40.9 Å². The number of hydrogen-bond donors (Lipinski definition) is 0. The Hall–Kier alpha value is 0.714. The van der Waals surface area contributed by atoms with Crippen LogP contribution in [0.4, 0.5) is 0 Å². The van der Waals surface area contributed by atoms with Gasteiger partial charge in [0.05, 0.1) is 0 Å². The molecular formula is C8H10BrNO2SY-2. The Kier molecular flexibility index (Phi) is 8.64. The molecule has 1 radical (unpaired) electrons. The molecule has 0 unspecified atom stereocenters. The largest absolute Gasteiger partial charge is 0.547 e. The van der Waals surface area contributed by atoms with Crippen LogP contribution in [0.25, 0.3) is 4.72 Å². The van der Waals surface area contributed by atoms with Crippen LogP contribution in [0.15, 0.2) is 33.6 Å². The maximum atomic E-state index is 11.2. The molecule has 3 nitrogen and oxygen atoms in total. The van der Waals surface area contributed by atoms with E-state index in [-0.39, 0.29) is 45.0 Å². The van der Waals surface area contributed by atoms with Crippen LogP contribution >= 0.6 is 15.9 Å². The van der Waals surface area contributed by atoms with Gasteiger partial charge in [0.25, 0.3) is 0 Å². The summed E-state index contributed by atoms with van der Waals surface area (Å²) in [5.41, 5.74) is 0. The molecule has 0 saturated heterocycles. The normalized spacial score (nSPS) is 9.86. The van der Waals surface area contributed by atoms with Crippen LogP contribution in [0.5, 0.6) is 0 Å². The summed E-state index contributed by atoms with van der Waals surface area (Å²) in [4.78, 5) is 0.208. The van der Waals surface area contributed by atoms with E-state index in [9.17, 15) is 8.42 Å². The third kappa shape index (κ3) is 4.49. The van der Waals surface area contributed by atoms with Gasteiger partial charge < -0.3 is 12.1 Å². The summed E-state index contributed by atoms with van der Waals surface area (Å²) < 4.78 is 26.3. The van der Waals surface area contributed by atoms with Gasteiger partial charge in [-0.15, -0.1) is 0 Å². The summed E-state index contributed by atoms with van der Waals surface area (Å²) in [7, 11) is -2.17. The summed E-state index contributed by atoms with van der Waals surface area (Å²) in [6.07, 6.45) is 0. The van der Waals surface area contributed by atoms with E-state index in [4.69, 9.17) is 0 Å². The zero-order chi connectivity index (χ0) is 9.19. The van der Waals surface area contributed by atoms with Crippen LogP contribution in [0.1, 0.15) is 0 Å². The number of halogens is 1. The van der Waals surface area contributed by atoms with Crippen molar-refractivity contribution in [1.82, 2.24) is 0 Å². The number of nitrogens with zero attached hydrogens (tertiary/aromatic N) is 1. The molecule has 0 heterocycles. The minimum absolute atomic E-state index is 0. The van der Waals surface area contributed by atoms with Crippen molar-refractivity contribution in [3.8, 4) is 0 Å². The topological polar surface area (TPSA) is 48.2 Å². The molecule has 1 aromatic rings. The van der Waals surface area contributed by atoms with Gasteiger partial charge in [0, 0.05) is 42.1 Å². The molecule has 1 rings (SSSR count). The molecule has 1 aromatic carbocycles. The van der Waals surface area contributed by atoms with Crippen molar-refractivity contribution in [2.24, 2.45) is 0 Å². The van der Waals surface area contributed by atoms with Crippen LogP contribution in [-0.4, -0.2) is 15.5 Å². The van der Waals surface area contributed by atoms with E-state index >= 15 is 0 Å². The Labute approximate surface area is 119 Å². The molecule has 0 aliphatic carbocycles. The average Bonchev–Trinajstić information content (AvgIpc) is 2.05. The van der Waals surface area contributed by atoms with Crippen molar-refractivity contribution in [2.75, 3.05) is 7.05 Å². The fourth-order valence-electron chi connectivity index (χ4n) is 0.733. The second kappa shape index (κ2) is 7.06. The molecule has 0 spiro atoms. The van der Waals surface area contributed by atoms with Gasteiger partial charge in [0.15, 0.2) is 0 Å². The monoisotopic (exact) mass is 352 g/mol. The average molecular weight is 353 g/mol. The molecule has 77 valence electrons. The van der Waals surface area contributed by atoms with E-state index < -0.39 is 10.0 Å². The molecular weight excluding hydrogens is 343 g/mol.